The summed E-state index contributed by atoms with van der Waals surface area (Å²) in [6.45, 7) is 11.6. The van der Waals surface area contributed by atoms with Crippen LogP contribution in [0.15, 0.2) is 0 Å². The zero-order valence-electron chi connectivity index (χ0n) is 57.9. The third-order valence-electron chi connectivity index (χ3n) is 16.1. The van der Waals surface area contributed by atoms with Gasteiger partial charge in [-0.3, -0.25) is 37.3 Å². The number of carbonyl (C=O) groups is 4. The van der Waals surface area contributed by atoms with Crippen molar-refractivity contribution < 1.29 is 80.2 Å². The molecule has 0 radical (unpaired) electrons. The molecule has 5 atom stereocenters. The fourth-order valence-corrected chi connectivity index (χ4v) is 12.1. The summed E-state index contributed by atoms with van der Waals surface area (Å²) in [5, 5.41) is 10.6. The highest BCUT2D eigenvalue weighted by Gasteiger charge is 2.30. The van der Waals surface area contributed by atoms with Crippen LogP contribution in [0.4, 0.5) is 0 Å². The first-order valence-corrected chi connectivity index (χ1v) is 39.3. The topological polar surface area (TPSA) is 237 Å². The molecule has 19 heteroatoms. The van der Waals surface area contributed by atoms with Crippen molar-refractivity contribution in [2.24, 2.45) is 17.8 Å². The Hall–Kier alpha value is -1.94. The van der Waals surface area contributed by atoms with E-state index >= 15 is 0 Å². The maximum atomic E-state index is 13.0. The van der Waals surface area contributed by atoms with E-state index in [1.54, 1.807) is 0 Å². The second kappa shape index (κ2) is 61.0. The molecule has 0 aromatic heterocycles. The van der Waals surface area contributed by atoms with Crippen LogP contribution in [-0.4, -0.2) is 96.7 Å². The number of aliphatic hydroxyl groups is 1. The number of hydrogen-bond acceptors (Lipinski definition) is 15. The summed E-state index contributed by atoms with van der Waals surface area (Å²) in [6, 6.07) is 0. The summed E-state index contributed by atoms with van der Waals surface area (Å²) in [5.41, 5.74) is 0. The number of ether oxygens (including phenoxy) is 4. The first-order chi connectivity index (χ1) is 42.7. The molecule has 0 fully saturated rings. The number of esters is 4. The maximum absolute atomic E-state index is 13.0. The molecule has 17 nitrogen and oxygen atoms in total. The van der Waals surface area contributed by atoms with Crippen molar-refractivity contribution in [1.82, 2.24) is 0 Å². The zero-order valence-corrected chi connectivity index (χ0v) is 59.7. The predicted octanol–water partition coefficient (Wildman–Crippen LogP) is 19.8. The first-order valence-electron chi connectivity index (χ1n) is 36.3. The Balaban J connectivity index is 5.19. The molecule has 0 saturated carbocycles. The van der Waals surface area contributed by atoms with Crippen LogP contribution in [0.1, 0.15) is 350 Å². The van der Waals surface area contributed by atoms with Crippen molar-refractivity contribution in [2.75, 3.05) is 39.6 Å². The third-order valence-corrected chi connectivity index (χ3v) is 18.0. The van der Waals surface area contributed by atoms with E-state index in [4.69, 9.17) is 37.0 Å². The molecule has 0 amide bonds. The van der Waals surface area contributed by atoms with Gasteiger partial charge in [0.15, 0.2) is 12.2 Å². The Labute approximate surface area is 543 Å². The minimum absolute atomic E-state index is 0.101. The largest absolute Gasteiger partial charge is 0.472 e. The lowest BCUT2D eigenvalue weighted by molar-refractivity contribution is -0.161. The molecular weight excluding hydrogens is 1170 g/mol. The number of hydrogen-bond donors (Lipinski definition) is 3. The average molecular weight is 1310 g/mol. The minimum Gasteiger partial charge on any atom is -0.462 e. The van der Waals surface area contributed by atoms with Gasteiger partial charge in [0.2, 0.25) is 0 Å². The molecule has 0 bridgehead atoms. The van der Waals surface area contributed by atoms with Crippen molar-refractivity contribution in [1.29, 1.82) is 0 Å². The van der Waals surface area contributed by atoms with Crippen molar-refractivity contribution >= 4 is 39.5 Å². The summed E-state index contributed by atoms with van der Waals surface area (Å²) >= 11 is 0. The summed E-state index contributed by atoms with van der Waals surface area (Å²) in [4.78, 5) is 72.4. The molecule has 89 heavy (non-hydrogen) atoms. The highest BCUT2D eigenvalue weighted by Crippen LogP contribution is 2.45. The van der Waals surface area contributed by atoms with Gasteiger partial charge in [0.1, 0.15) is 19.3 Å². The van der Waals surface area contributed by atoms with Crippen LogP contribution in [0.3, 0.4) is 0 Å². The molecule has 0 rings (SSSR count). The first kappa shape index (κ1) is 87.1. The predicted molar refractivity (Wildman–Crippen MR) is 358 cm³/mol. The lowest BCUT2D eigenvalue weighted by Crippen LogP contribution is -2.30. The average Bonchev–Trinajstić information content (AvgIpc) is 3.70. The van der Waals surface area contributed by atoms with Crippen LogP contribution in [0, 0.1) is 17.8 Å². The quantitative estimate of drug-likeness (QED) is 0.0222. The Bertz CT molecular complexity index is 1750. The molecular formula is C70H136O17P2. The van der Waals surface area contributed by atoms with E-state index in [0.29, 0.717) is 37.5 Å². The monoisotopic (exact) mass is 1310 g/mol. The molecule has 0 spiro atoms. The molecule has 3 N–H and O–H groups in total. The third kappa shape index (κ3) is 64.6. The molecule has 0 aliphatic heterocycles. The fraction of sp³-hybridized carbons (Fsp3) is 0.943. The second-order valence-electron chi connectivity index (χ2n) is 26.7. The maximum Gasteiger partial charge on any atom is 0.472 e. The molecule has 528 valence electrons. The van der Waals surface area contributed by atoms with E-state index in [1.165, 1.54) is 154 Å². The molecule has 2 unspecified atom stereocenters. The molecule has 0 saturated heterocycles. The molecule has 0 aliphatic rings. The number of phosphoric acid groups is 2. The van der Waals surface area contributed by atoms with Gasteiger partial charge in [-0.2, -0.15) is 0 Å². The summed E-state index contributed by atoms with van der Waals surface area (Å²) in [5.74, 6) is -0.0414. The fourth-order valence-electron chi connectivity index (χ4n) is 10.5. The SMILES string of the molecule is CCCCCCCCCCCCCCCCCCCCCC(=O)O[C@H](COC(=O)CCCCCCCCCCCC(C)C)COP(=O)(O)OC[C@@H](O)COP(=O)(O)OC[C@@H](COC(=O)CCCCCCCCC(C)C)OC(=O)CCCCCCCCC(C)C. The Morgan fingerprint density at radius 2 is 0.517 bits per heavy atom. The van der Waals surface area contributed by atoms with Gasteiger partial charge in [-0.25, -0.2) is 9.13 Å². The number of carbonyl (C=O) groups excluding carboxylic acids is 4. The summed E-state index contributed by atoms with van der Waals surface area (Å²) < 4.78 is 68.2. The molecule has 0 aliphatic carbocycles. The van der Waals surface area contributed by atoms with Crippen LogP contribution in [-0.2, 0) is 65.4 Å². The highest BCUT2D eigenvalue weighted by atomic mass is 31.2. The van der Waals surface area contributed by atoms with E-state index in [1.807, 2.05) is 0 Å². The standard InChI is InChI=1S/C70H136O17P2/c1-8-9-10-11-12-13-14-15-16-17-18-19-20-21-22-25-29-39-46-53-69(74)86-65(57-80-67(72)51-44-37-28-26-23-24-27-34-41-48-61(2)3)59-84-88(76,77)82-55-64(71)56-83-89(78,79)85-60-66(87-70(75)54-47-40-33-31-36-43-50-63(6)7)58-81-68(73)52-45-38-32-30-35-42-49-62(4)5/h61-66,71H,8-60H2,1-7H3,(H,76,77)(H,78,79)/t64-,65-,66-/m1/s1. The summed E-state index contributed by atoms with van der Waals surface area (Å²) in [7, 11) is -9.90. The summed E-state index contributed by atoms with van der Waals surface area (Å²) in [6.07, 6.45) is 44.9. The number of aliphatic hydroxyl groups excluding tert-OH is 1. The van der Waals surface area contributed by atoms with Crippen LogP contribution in [0.5, 0.6) is 0 Å². The number of phosphoric ester groups is 2. The van der Waals surface area contributed by atoms with Gasteiger partial charge < -0.3 is 33.8 Å². The van der Waals surface area contributed by atoms with Gasteiger partial charge in [-0.05, 0) is 43.4 Å². The van der Waals surface area contributed by atoms with E-state index in [9.17, 15) is 43.2 Å². The molecule has 0 heterocycles. The number of unbranched alkanes of at least 4 members (excludes halogenated alkanes) is 36. The van der Waals surface area contributed by atoms with E-state index in [-0.39, 0.29) is 25.7 Å². The normalized spacial score (nSPS) is 14.2. The van der Waals surface area contributed by atoms with Gasteiger partial charge in [0.25, 0.3) is 0 Å². The lowest BCUT2D eigenvalue weighted by atomic mass is 10.0. The van der Waals surface area contributed by atoms with Crippen LogP contribution in [0.25, 0.3) is 0 Å². The van der Waals surface area contributed by atoms with Crippen LogP contribution in [0.2, 0.25) is 0 Å². The van der Waals surface area contributed by atoms with Gasteiger partial charge in [-0.15, -0.1) is 0 Å². The van der Waals surface area contributed by atoms with Gasteiger partial charge >= 0.3 is 39.5 Å². The second-order valence-corrected chi connectivity index (χ2v) is 29.6. The zero-order chi connectivity index (χ0) is 65.9. The van der Waals surface area contributed by atoms with E-state index < -0.39 is 97.5 Å². The molecule has 0 aromatic rings. The van der Waals surface area contributed by atoms with Crippen molar-refractivity contribution in [3.8, 4) is 0 Å². The lowest BCUT2D eigenvalue weighted by Gasteiger charge is -2.21. The Kier molecular flexibility index (Phi) is 59.6. The van der Waals surface area contributed by atoms with E-state index in [2.05, 4.69) is 48.5 Å². The van der Waals surface area contributed by atoms with Crippen LogP contribution >= 0.6 is 15.6 Å². The van der Waals surface area contributed by atoms with Gasteiger partial charge in [0, 0.05) is 25.7 Å². The van der Waals surface area contributed by atoms with Crippen molar-refractivity contribution in [3.63, 3.8) is 0 Å². The smallest absolute Gasteiger partial charge is 0.462 e. The molecule has 0 aromatic carbocycles. The van der Waals surface area contributed by atoms with Gasteiger partial charge in [0.05, 0.1) is 26.4 Å². The van der Waals surface area contributed by atoms with E-state index in [0.717, 1.165) is 102 Å². The van der Waals surface area contributed by atoms with Crippen molar-refractivity contribution in [3.05, 3.63) is 0 Å². The Morgan fingerprint density at radius 3 is 0.764 bits per heavy atom. The van der Waals surface area contributed by atoms with Crippen molar-refractivity contribution in [2.45, 2.75) is 369 Å². The van der Waals surface area contributed by atoms with Gasteiger partial charge in [-0.1, -0.05) is 299 Å². The minimum atomic E-state index is -4.95. The van der Waals surface area contributed by atoms with Crippen LogP contribution < -0.4 is 0 Å². The highest BCUT2D eigenvalue weighted by molar-refractivity contribution is 7.47. The Morgan fingerprint density at radius 1 is 0.303 bits per heavy atom. The number of rotatable bonds is 68.